The van der Waals surface area contributed by atoms with E-state index in [2.05, 4.69) is 0 Å². The summed E-state index contributed by atoms with van der Waals surface area (Å²) >= 11 is 0. The van der Waals surface area contributed by atoms with Gasteiger partial charge in [-0.05, 0) is 12.8 Å². The lowest BCUT2D eigenvalue weighted by molar-refractivity contribution is -0.142. The summed E-state index contributed by atoms with van der Waals surface area (Å²) in [6.07, 6.45) is 1.34. The fourth-order valence-corrected chi connectivity index (χ4v) is 1.50. The van der Waals surface area contributed by atoms with Crippen molar-refractivity contribution >= 4 is 17.7 Å². The molecule has 1 atom stereocenters. The number of amides is 3. The second-order valence-corrected chi connectivity index (χ2v) is 3.60. The van der Waals surface area contributed by atoms with E-state index in [1.165, 1.54) is 0 Å². The molecule has 1 aliphatic rings. The summed E-state index contributed by atoms with van der Waals surface area (Å²) in [5.41, 5.74) is 10.5. The Balaban J connectivity index is 2.45. The van der Waals surface area contributed by atoms with Crippen molar-refractivity contribution in [2.24, 2.45) is 11.5 Å². The molecular weight excluding hydrogens is 198 g/mol. The summed E-state index contributed by atoms with van der Waals surface area (Å²) in [6, 6.07) is -0.806. The Morgan fingerprint density at radius 3 is 2.60 bits per heavy atom. The summed E-state index contributed by atoms with van der Waals surface area (Å²) in [4.78, 5) is 34.5. The van der Waals surface area contributed by atoms with Crippen molar-refractivity contribution in [1.29, 1.82) is 0 Å². The maximum Gasteiger partial charge on any atom is 0.246 e. The van der Waals surface area contributed by atoms with Crippen LogP contribution in [-0.2, 0) is 14.4 Å². The van der Waals surface area contributed by atoms with Crippen LogP contribution in [0.15, 0.2) is 0 Å². The number of carbonyl (C=O) groups excluding carboxylic acids is 3. The number of hydrogen-bond donors (Lipinski definition) is 2. The fourth-order valence-electron chi connectivity index (χ4n) is 1.50. The maximum atomic E-state index is 11.6. The number of likely N-dealkylation sites (tertiary alicyclic amines) is 1. The van der Waals surface area contributed by atoms with Crippen LogP contribution in [0.5, 0.6) is 0 Å². The number of imide groups is 1. The van der Waals surface area contributed by atoms with Gasteiger partial charge in [0.15, 0.2) is 0 Å². The molecule has 1 rings (SSSR count). The lowest BCUT2D eigenvalue weighted by atomic mass is 10.1. The van der Waals surface area contributed by atoms with Crippen LogP contribution in [0, 0.1) is 0 Å². The molecule has 6 heteroatoms. The molecule has 6 nitrogen and oxygen atoms in total. The first-order chi connectivity index (χ1) is 7.02. The topological polar surface area (TPSA) is 106 Å². The van der Waals surface area contributed by atoms with Gasteiger partial charge in [-0.1, -0.05) is 0 Å². The van der Waals surface area contributed by atoms with Crippen molar-refractivity contribution in [1.82, 2.24) is 4.90 Å². The molecule has 1 fully saturated rings. The molecule has 0 unspecified atom stereocenters. The quantitative estimate of drug-likeness (QED) is 0.607. The van der Waals surface area contributed by atoms with Crippen LogP contribution in [0.3, 0.4) is 0 Å². The first-order valence-electron chi connectivity index (χ1n) is 4.90. The number of rotatable bonds is 4. The third kappa shape index (κ3) is 3.02. The van der Waals surface area contributed by atoms with E-state index in [0.717, 1.165) is 4.90 Å². The van der Waals surface area contributed by atoms with E-state index < -0.39 is 17.9 Å². The van der Waals surface area contributed by atoms with Crippen molar-refractivity contribution in [3.8, 4) is 0 Å². The lowest BCUT2D eigenvalue weighted by Gasteiger charge is -2.18. The Kier molecular flexibility index (Phi) is 3.79. The van der Waals surface area contributed by atoms with E-state index in [-0.39, 0.29) is 18.7 Å². The Morgan fingerprint density at radius 1 is 1.47 bits per heavy atom. The van der Waals surface area contributed by atoms with Crippen LogP contribution in [0.25, 0.3) is 0 Å². The van der Waals surface area contributed by atoms with Crippen molar-refractivity contribution in [2.75, 3.05) is 6.54 Å². The Hall–Kier alpha value is -1.43. The molecule has 1 saturated heterocycles. The van der Waals surface area contributed by atoms with Crippen molar-refractivity contribution in [3.05, 3.63) is 0 Å². The minimum Gasteiger partial charge on any atom is -0.370 e. The van der Waals surface area contributed by atoms with Crippen LogP contribution in [0.1, 0.15) is 25.7 Å². The van der Waals surface area contributed by atoms with Crippen LogP contribution < -0.4 is 11.5 Å². The van der Waals surface area contributed by atoms with Gasteiger partial charge in [0, 0.05) is 19.4 Å². The number of primary amides is 1. The minimum atomic E-state index is -0.806. The van der Waals surface area contributed by atoms with Gasteiger partial charge in [-0.3, -0.25) is 19.3 Å². The highest BCUT2D eigenvalue weighted by Crippen LogP contribution is 2.11. The molecule has 0 bridgehead atoms. The van der Waals surface area contributed by atoms with Gasteiger partial charge in [0.25, 0.3) is 0 Å². The van der Waals surface area contributed by atoms with Crippen molar-refractivity contribution < 1.29 is 14.4 Å². The van der Waals surface area contributed by atoms with Crippen molar-refractivity contribution in [2.45, 2.75) is 31.7 Å². The summed E-state index contributed by atoms with van der Waals surface area (Å²) < 4.78 is 0. The highest BCUT2D eigenvalue weighted by Gasteiger charge is 2.29. The van der Waals surface area contributed by atoms with Gasteiger partial charge < -0.3 is 11.5 Å². The molecule has 4 N–H and O–H groups in total. The zero-order valence-corrected chi connectivity index (χ0v) is 8.44. The zero-order valence-electron chi connectivity index (χ0n) is 8.44. The maximum absolute atomic E-state index is 11.6. The number of hydrogen-bond acceptors (Lipinski definition) is 4. The molecule has 84 valence electrons. The molecule has 0 radical (unpaired) electrons. The fraction of sp³-hybridized carbons (Fsp3) is 0.667. The number of nitrogens with zero attached hydrogens (tertiary/aromatic N) is 1. The highest BCUT2D eigenvalue weighted by atomic mass is 16.2. The first-order valence-corrected chi connectivity index (χ1v) is 4.90. The normalized spacial score (nSPS) is 17.9. The average Bonchev–Trinajstić information content (AvgIpc) is 2.59. The minimum absolute atomic E-state index is 0.0644. The second kappa shape index (κ2) is 4.88. The van der Waals surface area contributed by atoms with E-state index in [1.807, 2.05) is 0 Å². The molecule has 1 aliphatic heterocycles. The van der Waals surface area contributed by atoms with E-state index >= 15 is 0 Å². The Bertz CT molecular complexity index is 290. The zero-order chi connectivity index (χ0) is 11.4. The Labute approximate surface area is 87.6 Å². The predicted octanol–water partition coefficient (Wildman–Crippen LogP) is -1.27. The van der Waals surface area contributed by atoms with Crippen LogP contribution >= 0.6 is 0 Å². The third-order valence-electron chi connectivity index (χ3n) is 2.36. The monoisotopic (exact) mass is 213 g/mol. The smallest absolute Gasteiger partial charge is 0.246 e. The van der Waals surface area contributed by atoms with Gasteiger partial charge in [-0.25, -0.2) is 0 Å². The van der Waals surface area contributed by atoms with E-state index in [1.54, 1.807) is 0 Å². The Morgan fingerprint density at radius 2 is 2.13 bits per heavy atom. The van der Waals surface area contributed by atoms with Crippen LogP contribution in [0.4, 0.5) is 0 Å². The van der Waals surface area contributed by atoms with Crippen LogP contribution in [0.2, 0.25) is 0 Å². The molecule has 0 aromatic rings. The average molecular weight is 213 g/mol. The SMILES string of the molecule is NC(=O)CC[C@H](N)C(=O)N1CCCC1=O. The molecule has 0 spiro atoms. The number of nitrogens with two attached hydrogens (primary N) is 2. The summed E-state index contributed by atoms with van der Waals surface area (Å²) in [5, 5.41) is 0. The predicted molar refractivity (Wildman–Crippen MR) is 52.4 cm³/mol. The highest BCUT2D eigenvalue weighted by molar-refractivity contribution is 5.99. The van der Waals surface area contributed by atoms with Gasteiger partial charge in [-0.15, -0.1) is 0 Å². The summed E-state index contributed by atoms with van der Waals surface area (Å²) in [5.74, 6) is -1.08. The van der Waals surface area contributed by atoms with Gasteiger partial charge in [-0.2, -0.15) is 0 Å². The molecule has 1 heterocycles. The molecule has 15 heavy (non-hydrogen) atoms. The number of carbonyl (C=O) groups is 3. The van der Waals surface area contributed by atoms with Crippen molar-refractivity contribution in [3.63, 3.8) is 0 Å². The molecule has 0 aromatic carbocycles. The molecular formula is C9H15N3O3. The largest absolute Gasteiger partial charge is 0.370 e. The van der Waals surface area contributed by atoms with Gasteiger partial charge in [0.05, 0.1) is 6.04 Å². The molecule has 3 amide bonds. The summed E-state index contributed by atoms with van der Waals surface area (Å²) in [6.45, 7) is 0.432. The van der Waals surface area contributed by atoms with Gasteiger partial charge >= 0.3 is 0 Å². The van der Waals surface area contributed by atoms with Gasteiger partial charge in [0.1, 0.15) is 0 Å². The third-order valence-corrected chi connectivity index (χ3v) is 2.36. The molecule has 0 aliphatic carbocycles. The standard InChI is InChI=1S/C9H15N3O3/c10-6(3-4-7(11)13)9(15)12-5-1-2-8(12)14/h6H,1-5,10H2,(H2,11,13)/t6-/m0/s1. The molecule has 0 saturated carbocycles. The second-order valence-electron chi connectivity index (χ2n) is 3.60. The van der Waals surface area contributed by atoms with E-state index in [0.29, 0.717) is 19.4 Å². The first kappa shape index (κ1) is 11.6. The summed E-state index contributed by atoms with van der Waals surface area (Å²) in [7, 11) is 0. The van der Waals surface area contributed by atoms with Gasteiger partial charge in [0.2, 0.25) is 17.7 Å². The lowest BCUT2D eigenvalue weighted by Crippen LogP contribution is -2.44. The molecule has 0 aromatic heterocycles. The van der Waals surface area contributed by atoms with E-state index in [4.69, 9.17) is 11.5 Å². The van der Waals surface area contributed by atoms with Crippen LogP contribution in [-0.4, -0.2) is 35.2 Å². The van der Waals surface area contributed by atoms with E-state index in [9.17, 15) is 14.4 Å².